The Balaban J connectivity index is 1.23. The molecule has 2 aromatic heterocycles. The molecule has 2 saturated heterocycles. The van der Waals surface area contributed by atoms with E-state index in [0.29, 0.717) is 36.1 Å². The number of ether oxygens (including phenoxy) is 2. The van der Waals surface area contributed by atoms with E-state index >= 15 is 0 Å². The van der Waals surface area contributed by atoms with Gasteiger partial charge in [-0.1, -0.05) is 53.4 Å². The lowest BCUT2D eigenvalue weighted by molar-refractivity contribution is -0.139. The molecule has 0 saturated carbocycles. The Morgan fingerprint density at radius 2 is 1.24 bits per heavy atom. The summed E-state index contributed by atoms with van der Waals surface area (Å²) < 4.78 is 9.64. The molecule has 14 nitrogen and oxygen atoms in total. The zero-order valence-electron chi connectivity index (χ0n) is 33.1. The van der Waals surface area contributed by atoms with Crippen molar-refractivity contribution in [3.8, 4) is 23.7 Å². The van der Waals surface area contributed by atoms with Crippen LogP contribution >= 0.6 is 0 Å². The van der Waals surface area contributed by atoms with E-state index in [-0.39, 0.29) is 47.6 Å². The second kappa shape index (κ2) is 17.6. The zero-order valence-corrected chi connectivity index (χ0v) is 33.1. The van der Waals surface area contributed by atoms with Gasteiger partial charge in [0.2, 0.25) is 11.8 Å². The number of H-pyrrole nitrogens is 2. The fraction of sp³-hybridized carbons (Fsp3) is 0.512. The summed E-state index contributed by atoms with van der Waals surface area (Å²) in [6.07, 6.45) is 3.78. The molecule has 3 aromatic rings. The van der Waals surface area contributed by atoms with Gasteiger partial charge in [0.05, 0.1) is 26.3 Å². The molecule has 1 aromatic carbocycles. The van der Waals surface area contributed by atoms with Gasteiger partial charge >= 0.3 is 12.2 Å². The Hall–Kier alpha value is -5.76. The summed E-state index contributed by atoms with van der Waals surface area (Å²) >= 11 is 0. The number of imidazole rings is 2. The molecule has 3 N–H and O–H groups in total. The summed E-state index contributed by atoms with van der Waals surface area (Å²) in [5.74, 6) is 13.8. The minimum absolute atomic E-state index is 0.111. The normalized spacial score (nSPS) is 20.3. The van der Waals surface area contributed by atoms with Crippen LogP contribution in [0.4, 0.5) is 9.59 Å². The lowest BCUT2D eigenvalue weighted by atomic mass is 10.0. The largest absolute Gasteiger partial charge is 0.453 e. The first kappa shape index (κ1) is 40.4. The minimum Gasteiger partial charge on any atom is -0.453 e. The van der Waals surface area contributed by atoms with Gasteiger partial charge in [0.25, 0.3) is 0 Å². The van der Waals surface area contributed by atoms with Gasteiger partial charge in [0.1, 0.15) is 35.1 Å². The van der Waals surface area contributed by atoms with Crippen LogP contribution in [-0.4, -0.2) is 105 Å². The molecule has 0 spiro atoms. The number of likely N-dealkylation sites (tertiary alicyclic amines) is 2. The van der Waals surface area contributed by atoms with E-state index in [0.717, 1.165) is 24.0 Å². The maximum atomic E-state index is 13.8. The van der Waals surface area contributed by atoms with E-state index in [2.05, 4.69) is 52.8 Å². The molecular weight excluding hydrogens is 701 g/mol. The molecule has 6 atom stereocenters. The Labute approximate surface area is 323 Å². The second-order valence-corrected chi connectivity index (χ2v) is 15.2. The molecule has 292 valence electrons. The molecule has 0 unspecified atom stereocenters. The summed E-state index contributed by atoms with van der Waals surface area (Å²) in [6, 6.07) is 5.66. The fourth-order valence-corrected chi connectivity index (χ4v) is 7.35. The molecule has 4 amide bonds. The van der Waals surface area contributed by atoms with Crippen molar-refractivity contribution in [3.05, 3.63) is 70.8 Å². The van der Waals surface area contributed by atoms with Crippen LogP contribution in [0.15, 0.2) is 36.7 Å². The predicted octanol–water partition coefficient (Wildman–Crippen LogP) is 4.85. The third-order valence-electron chi connectivity index (χ3n) is 10.1. The smallest absolute Gasteiger partial charge is 0.409 e. The molecule has 2 fully saturated rings. The van der Waals surface area contributed by atoms with Gasteiger partial charge in [-0.15, -0.1) is 0 Å². The number of alkyl carbamates (subject to hydrolysis) is 1. The molecule has 0 aliphatic carbocycles. The zero-order chi connectivity index (χ0) is 40.0. The highest BCUT2D eigenvalue weighted by Crippen LogP contribution is 2.36. The second-order valence-electron chi connectivity index (χ2n) is 15.2. The van der Waals surface area contributed by atoms with Crippen molar-refractivity contribution in [2.24, 2.45) is 23.7 Å². The Bertz CT molecular complexity index is 1980. The number of methoxy groups -OCH3 is 2. The molecule has 4 heterocycles. The standard InChI is InChI=1S/C41H52N8O6/c1-24(2)34(46-40(52)54-8)38(50)48-22-26(5)18-32(48)36-42-20-30(44-36)16-14-28-10-12-29(13-11-28)15-17-31-21-43-37(45-31)33-19-27(6)23-49(33)39(51)35(25(3)4)47(7)41(53)55-9/h10-13,20-21,24-27,32-35H,18-19,22-23H2,1-9H3,(H,42,44)(H,43,45)(H,46,52)/t26-,27-,32-,33-,34-,35-/m0/s1. The average Bonchev–Trinajstić information content (AvgIpc) is 3.98. The van der Waals surface area contributed by atoms with Crippen LogP contribution in [0.5, 0.6) is 0 Å². The lowest BCUT2D eigenvalue weighted by Crippen LogP contribution is -2.52. The van der Waals surface area contributed by atoms with Crippen molar-refractivity contribution >= 4 is 24.0 Å². The first-order valence-corrected chi connectivity index (χ1v) is 18.7. The predicted molar refractivity (Wildman–Crippen MR) is 205 cm³/mol. The Morgan fingerprint density at radius 3 is 1.65 bits per heavy atom. The molecule has 2 aliphatic heterocycles. The van der Waals surface area contributed by atoms with E-state index in [1.54, 1.807) is 24.3 Å². The first-order valence-electron chi connectivity index (χ1n) is 18.7. The topological polar surface area (TPSA) is 166 Å². The first-order chi connectivity index (χ1) is 26.2. The monoisotopic (exact) mass is 752 g/mol. The highest BCUT2D eigenvalue weighted by Gasteiger charge is 2.42. The Kier molecular flexibility index (Phi) is 12.9. The van der Waals surface area contributed by atoms with E-state index in [9.17, 15) is 19.2 Å². The van der Waals surface area contributed by atoms with Gasteiger partial charge in [0, 0.05) is 43.7 Å². The van der Waals surface area contributed by atoms with E-state index in [1.807, 2.05) is 56.9 Å². The van der Waals surface area contributed by atoms with Gasteiger partial charge in [0.15, 0.2) is 0 Å². The maximum absolute atomic E-state index is 13.8. The summed E-state index contributed by atoms with van der Waals surface area (Å²) in [5.41, 5.74) is 2.69. The van der Waals surface area contributed by atoms with E-state index < -0.39 is 24.3 Å². The van der Waals surface area contributed by atoms with Gasteiger partial charge in [-0.2, -0.15) is 0 Å². The number of amides is 4. The Morgan fingerprint density at radius 1 is 0.764 bits per heavy atom. The van der Waals surface area contributed by atoms with Crippen molar-refractivity contribution in [3.63, 3.8) is 0 Å². The summed E-state index contributed by atoms with van der Waals surface area (Å²) in [7, 11) is 4.18. The van der Waals surface area contributed by atoms with Gasteiger partial charge in [-0.25, -0.2) is 19.6 Å². The third kappa shape index (κ3) is 9.49. The number of aromatic nitrogens is 4. The number of carbonyl (C=O) groups is 4. The van der Waals surface area contributed by atoms with Crippen LogP contribution in [-0.2, 0) is 19.1 Å². The minimum atomic E-state index is -0.713. The summed E-state index contributed by atoms with van der Waals surface area (Å²) in [5, 5.41) is 2.68. The van der Waals surface area contributed by atoms with E-state index in [4.69, 9.17) is 19.4 Å². The number of benzene rings is 1. The van der Waals surface area contributed by atoms with Crippen LogP contribution in [0, 0.1) is 47.4 Å². The van der Waals surface area contributed by atoms with Crippen LogP contribution < -0.4 is 5.32 Å². The lowest BCUT2D eigenvalue weighted by Gasteiger charge is -2.34. The summed E-state index contributed by atoms with van der Waals surface area (Å²) in [6.45, 7) is 12.9. The quantitative estimate of drug-likeness (QED) is 0.275. The highest BCUT2D eigenvalue weighted by atomic mass is 16.5. The molecule has 0 radical (unpaired) electrons. The molecular formula is C41H52N8O6. The highest BCUT2D eigenvalue weighted by molar-refractivity contribution is 5.87. The van der Waals surface area contributed by atoms with Crippen LogP contribution in [0.1, 0.15) is 101 Å². The maximum Gasteiger partial charge on any atom is 0.409 e. The van der Waals surface area contributed by atoms with Crippen LogP contribution in [0.25, 0.3) is 0 Å². The molecule has 2 aliphatic rings. The molecule has 5 rings (SSSR count). The fourth-order valence-electron chi connectivity index (χ4n) is 7.35. The van der Waals surface area contributed by atoms with Crippen molar-refractivity contribution in [2.45, 2.75) is 78.6 Å². The number of aromatic amines is 2. The number of hydrogen-bond acceptors (Lipinski definition) is 8. The summed E-state index contributed by atoms with van der Waals surface area (Å²) in [4.78, 5) is 72.4. The van der Waals surface area contributed by atoms with Crippen LogP contribution in [0.2, 0.25) is 0 Å². The molecule has 0 bridgehead atoms. The molecule has 55 heavy (non-hydrogen) atoms. The SMILES string of the molecule is COC(=O)N[C@H](C(=O)N1C[C@@H](C)C[C@H]1c1nc(C#Cc2ccc(C#Cc3c[nH]c([C@@H]4C[C@H](C)CN4C(=O)[C@H](C(C)C)N(C)C(=O)OC)n3)cc2)c[nH]1)C(C)C. The van der Waals surface area contributed by atoms with Gasteiger partial charge in [-0.05, 0) is 72.6 Å². The van der Waals surface area contributed by atoms with Crippen molar-refractivity contribution in [1.82, 2.24) is 40.0 Å². The average molecular weight is 753 g/mol. The van der Waals surface area contributed by atoms with Gasteiger partial charge in [-0.3, -0.25) is 14.5 Å². The number of nitrogens with zero attached hydrogens (tertiary/aromatic N) is 5. The number of carbonyl (C=O) groups excluding carboxylic acids is 4. The number of rotatable bonds is 8. The molecule has 14 heteroatoms. The van der Waals surface area contributed by atoms with Crippen molar-refractivity contribution in [1.29, 1.82) is 0 Å². The van der Waals surface area contributed by atoms with Crippen LogP contribution in [0.3, 0.4) is 0 Å². The van der Waals surface area contributed by atoms with Gasteiger partial charge < -0.3 is 34.6 Å². The number of hydrogen-bond donors (Lipinski definition) is 3. The third-order valence-corrected chi connectivity index (χ3v) is 10.1. The number of nitrogens with one attached hydrogen (secondary N) is 3. The number of likely N-dealkylation sites (N-methyl/N-ethyl adjacent to an activating group) is 1. The van der Waals surface area contributed by atoms with E-state index in [1.165, 1.54) is 19.1 Å². The van der Waals surface area contributed by atoms with Crippen molar-refractivity contribution in [2.75, 3.05) is 34.4 Å². The van der Waals surface area contributed by atoms with Crippen molar-refractivity contribution < 1.29 is 28.7 Å².